The summed E-state index contributed by atoms with van der Waals surface area (Å²) in [5, 5.41) is 4.79. The number of aromatic nitrogens is 1. The molecule has 2 nitrogen and oxygen atoms in total. The largest absolute Gasteiger partial charge is 0.312 e. The van der Waals surface area contributed by atoms with E-state index in [2.05, 4.69) is 19.2 Å². The lowest BCUT2D eigenvalue weighted by molar-refractivity contribution is 0.442. The molecule has 0 aliphatic heterocycles. The maximum Gasteiger partial charge on any atom is 0.0962 e. The van der Waals surface area contributed by atoms with E-state index in [0.29, 0.717) is 0 Å². The van der Waals surface area contributed by atoms with Crippen LogP contribution in [0.5, 0.6) is 0 Å². The second kappa shape index (κ2) is 5.78. The number of nitrogens with zero attached hydrogens (tertiary/aromatic N) is 1. The molecule has 1 N–H and O–H groups in total. The van der Waals surface area contributed by atoms with Gasteiger partial charge in [-0.05, 0) is 26.3 Å². The van der Waals surface area contributed by atoms with Gasteiger partial charge in [0.25, 0.3) is 0 Å². The molecule has 1 aliphatic carbocycles. The summed E-state index contributed by atoms with van der Waals surface area (Å²) in [6.45, 7) is 6.33. The average molecular weight is 238 g/mol. The Kier molecular flexibility index (Phi) is 4.36. The normalized spacial score (nSPS) is 17.9. The molecule has 0 bridgehead atoms. The van der Waals surface area contributed by atoms with Crippen molar-refractivity contribution in [3.8, 4) is 0 Å². The molecule has 0 saturated heterocycles. The molecular weight excluding hydrogens is 216 g/mol. The Labute approximate surface area is 102 Å². The molecule has 1 saturated carbocycles. The Morgan fingerprint density at radius 3 is 2.75 bits per heavy atom. The molecule has 0 atom stereocenters. The smallest absolute Gasteiger partial charge is 0.0962 e. The van der Waals surface area contributed by atoms with Gasteiger partial charge >= 0.3 is 0 Å². The molecule has 0 unspecified atom stereocenters. The second-order valence-electron chi connectivity index (χ2n) is 4.68. The molecule has 2 rings (SSSR count). The summed E-state index contributed by atoms with van der Waals surface area (Å²) in [7, 11) is 0. The molecule has 0 amide bonds. The van der Waals surface area contributed by atoms with E-state index < -0.39 is 0 Å². The van der Waals surface area contributed by atoms with Crippen molar-refractivity contribution in [1.82, 2.24) is 10.3 Å². The van der Waals surface area contributed by atoms with Gasteiger partial charge in [-0.15, -0.1) is 11.3 Å². The quantitative estimate of drug-likeness (QED) is 0.867. The Morgan fingerprint density at radius 2 is 2.06 bits per heavy atom. The molecule has 0 radical (unpaired) electrons. The van der Waals surface area contributed by atoms with Crippen molar-refractivity contribution in [1.29, 1.82) is 0 Å². The molecule has 1 aliphatic rings. The molecule has 90 valence electrons. The monoisotopic (exact) mass is 238 g/mol. The van der Waals surface area contributed by atoms with Crippen molar-refractivity contribution in [2.24, 2.45) is 0 Å². The van der Waals surface area contributed by atoms with E-state index in [1.54, 1.807) is 0 Å². The summed E-state index contributed by atoms with van der Waals surface area (Å²) in [5.41, 5.74) is 1.24. The first-order chi connectivity index (χ1) is 7.81. The van der Waals surface area contributed by atoms with E-state index in [1.807, 2.05) is 11.3 Å². The second-order valence-corrected chi connectivity index (χ2v) is 5.79. The average Bonchev–Trinajstić information content (AvgIpc) is 2.69. The van der Waals surface area contributed by atoms with E-state index in [9.17, 15) is 0 Å². The van der Waals surface area contributed by atoms with Crippen LogP contribution in [0.15, 0.2) is 0 Å². The molecule has 0 spiro atoms. The number of nitrogens with one attached hydrogen (secondary N) is 1. The van der Waals surface area contributed by atoms with Crippen LogP contribution in [0, 0.1) is 6.92 Å². The Hall–Kier alpha value is -0.410. The lowest BCUT2D eigenvalue weighted by Gasteiger charge is -2.18. The van der Waals surface area contributed by atoms with E-state index >= 15 is 0 Å². The van der Waals surface area contributed by atoms with Crippen LogP contribution < -0.4 is 5.32 Å². The first-order valence-electron chi connectivity index (χ1n) is 6.48. The molecule has 1 aromatic rings. The number of hydrogen-bond acceptors (Lipinski definition) is 3. The molecular formula is C13H22N2S. The number of rotatable bonds is 4. The number of aryl methyl sites for hydroxylation is 1. The number of hydrogen-bond donors (Lipinski definition) is 1. The first-order valence-corrected chi connectivity index (χ1v) is 7.29. The third kappa shape index (κ3) is 2.83. The predicted octanol–water partition coefficient (Wildman–Crippen LogP) is 3.61. The summed E-state index contributed by atoms with van der Waals surface area (Å²) in [4.78, 5) is 6.20. The third-order valence-corrected chi connectivity index (χ3v) is 4.72. The van der Waals surface area contributed by atoms with Crippen molar-refractivity contribution in [3.05, 3.63) is 15.6 Å². The minimum absolute atomic E-state index is 0.757. The minimum Gasteiger partial charge on any atom is -0.312 e. The Balaban J connectivity index is 2.03. The van der Waals surface area contributed by atoms with Crippen LogP contribution in [0.25, 0.3) is 0 Å². The van der Waals surface area contributed by atoms with E-state index in [-0.39, 0.29) is 0 Å². The van der Waals surface area contributed by atoms with Crippen molar-refractivity contribution in [3.63, 3.8) is 0 Å². The zero-order chi connectivity index (χ0) is 11.4. The van der Waals surface area contributed by atoms with Gasteiger partial charge in [0.15, 0.2) is 0 Å². The first kappa shape index (κ1) is 12.1. The van der Waals surface area contributed by atoms with Crippen molar-refractivity contribution in [2.75, 3.05) is 6.54 Å². The van der Waals surface area contributed by atoms with Crippen molar-refractivity contribution >= 4 is 11.3 Å². The Bertz CT molecular complexity index is 327. The molecule has 3 heteroatoms. The van der Waals surface area contributed by atoms with Gasteiger partial charge in [0.05, 0.1) is 10.7 Å². The lowest BCUT2D eigenvalue weighted by Crippen LogP contribution is -2.11. The van der Waals surface area contributed by atoms with E-state index in [0.717, 1.165) is 19.0 Å². The van der Waals surface area contributed by atoms with Gasteiger partial charge in [0.1, 0.15) is 0 Å². The van der Waals surface area contributed by atoms with Gasteiger partial charge in [0.2, 0.25) is 0 Å². The maximum atomic E-state index is 4.77. The standard InChI is InChI=1S/C13H22N2S/c1-3-14-9-12-10(2)15-13(16-12)11-7-5-4-6-8-11/h11,14H,3-9H2,1-2H3. The fourth-order valence-electron chi connectivity index (χ4n) is 2.38. The molecule has 16 heavy (non-hydrogen) atoms. The predicted molar refractivity (Wildman–Crippen MR) is 70.1 cm³/mol. The zero-order valence-electron chi connectivity index (χ0n) is 10.4. The fraction of sp³-hybridized carbons (Fsp3) is 0.769. The van der Waals surface area contributed by atoms with Crippen LogP contribution in [-0.2, 0) is 6.54 Å². The lowest BCUT2D eigenvalue weighted by atomic mass is 9.90. The summed E-state index contributed by atoms with van der Waals surface area (Å²) < 4.78 is 0. The highest BCUT2D eigenvalue weighted by Crippen LogP contribution is 2.35. The number of thiazole rings is 1. The summed E-state index contributed by atoms with van der Waals surface area (Å²) in [6, 6.07) is 0. The Morgan fingerprint density at radius 1 is 1.31 bits per heavy atom. The van der Waals surface area contributed by atoms with Gasteiger partial charge in [0, 0.05) is 17.3 Å². The highest BCUT2D eigenvalue weighted by atomic mass is 32.1. The van der Waals surface area contributed by atoms with Crippen molar-refractivity contribution < 1.29 is 0 Å². The van der Waals surface area contributed by atoms with Gasteiger partial charge in [-0.25, -0.2) is 4.98 Å². The van der Waals surface area contributed by atoms with Gasteiger partial charge in [-0.1, -0.05) is 26.2 Å². The van der Waals surface area contributed by atoms with Crippen LogP contribution in [-0.4, -0.2) is 11.5 Å². The SMILES string of the molecule is CCNCc1sc(C2CCCCC2)nc1C. The summed E-state index contributed by atoms with van der Waals surface area (Å²) in [5.74, 6) is 0.757. The zero-order valence-corrected chi connectivity index (χ0v) is 11.2. The molecule has 1 aromatic heterocycles. The highest BCUT2D eigenvalue weighted by Gasteiger charge is 2.19. The topological polar surface area (TPSA) is 24.9 Å². The van der Waals surface area contributed by atoms with Crippen LogP contribution in [0.2, 0.25) is 0 Å². The van der Waals surface area contributed by atoms with Gasteiger partial charge in [-0.3, -0.25) is 0 Å². The maximum absolute atomic E-state index is 4.77. The van der Waals surface area contributed by atoms with Crippen molar-refractivity contribution in [2.45, 2.75) is 58.4 Å². The van der Waals surface area contributed by atoms with Gasteiger partial charge < -0.3 is 5.32 Å². The van der Waals surface area contributed by atoms with E-state index in [1.165, 1.54) is 47.7 Å². The summed E-state index contributed by atoms with van der Waals surface area (Å²) in [6.07, 6.45) is 6.92. The van der Waals surface area contributed by atoms with Crippen LogP contribution in [0.1, 0.15) is 60.5 Å². The van der Waals surface area contributed by atoms with Gasteiger partial charge in [-0.2, -0.15) is 0 Å². The highest BCUT2D eigenvalue weighted by molar-refractivity contribution is 7.11. The third-order valence-electron chi connectivity index (χ3n) is 3.40. The van der Waals surface area contributed by atoms with Crippen LogP contribution >= 0.6 is 11.3 Å². The minimum atomic E-state index is 0.757. The molecule has 1 heterocycles. The van der Waals surface area contributed by atoms with E-state index in [4.69, 9.17) is 4.98 Å². The van der Waals surface area contributed by atoms with Crippen LogP contribution in [0.4, 0.5) is 0 Å². The molecule has 0 aromatic carbocycles. The molecule has 1 fully saturated rings. The fourth-order valence-corrected chi connectivity index (χ4v) is 3.58. The van der Waals surface area contributed by atoms with Crippen LogP contribution in [0.3, 0.4) is 0 Å². The summed E-state index contributed by atoms with van der Waals surface area (Å²) >= 11 is 1.93.